The van der Waals surface area contributed by atoms with Crippen molar-refractivity contribution in [3.05, 3.63) is 17.7 Å². The summed E-state index contributed by atoms with van der Waals surface area (Å²) in [4.78, 5) is 23.9. The van der Waals surface area contributed by atoms with Gasteiger partial charge < -0.3 is 31.0 Å². The third kappa shape index (κ3) is 3.72. The summed E-state index contributed by atoms with van der Waals surface area (Å²) >= 11 is 0. The number of rotatable bonds is 6. The number of nitrogens with one attached hydrogen (secondary N) is 1. The lowest BCUT2D eigenvalue weighted by Crippen LogP contribution is -2.30. The van der Waals surface area contributed by atoms with Crippen LogP contribution in [-0.2, 0) is 9.53 Å². The Hall–Kier alpha value is -2.32. The lowest BCUT2D eigenvalue weighted by atomic mass is 10.1. The summed E-state index contributed by atoms with van der Waals surface area (Å²) in [5.41, 5.74) is 11.3. The lowest BCUT2D eigenvalue weighted by Gasteiger charge is -2.16. The molecule has 2 rings (SSSR count). The average molecular weight is 323 g/mol. The monoisotopic (exact) mass is 323 g/mol. The van der Waals surface area contributed by atoms with Gasteiger partial charge in [-0.05, 0) is 18.9 Å². The highest BCUT2D eigenvalue weighted by Gasteiger charge is 2.30. The number of hydrogen-bond acceptors (Lipinski definition) is 6. The van der Waals surface area contributed by atoms with Crippen LogP contribution in [0.15, 0.2) is 12.1 Å². The summed E-state index contributed by atoms with van der Waals surface area (Å²) in [7, 11) is 2.90. The summed E-state index contributed by atoms with van der Waals surface area (Å²) in [5.74, 6) is -0.316. The minimum atomic E-state index is -0.687. The largest absolute Gasteiger partial charge is 0.493 e. The number of carbonyl (C=O) groups excluding carboxylic acids is 2. The maximum absolute atomic E-state index is 12.3. The summed E-state index contributed by atoms with van der Waals surface area (Å²) < 4.78 is 15.8. The fourth-order valence-corrected chi connectivity index (χ4v) is 2.47. The van der Waals surface area contributed by atoms with E-state index in [1.165, 1.54) is 26.4 Å². The Morgan fingerprint density at radius 2 is 1.91 bits per heavy atom. The molecule has 8 nitrogen and oxygen atoms in total. The molecule has 1 aliphatic heterocycles. The predicted octanol–water partition coefficient (Wildman–Crippen LogP) is 0.248. The highest BCUT2D eigenvalue weighted by molar-refractivity contribution is 6.04. The lowest BCUT2D eigenvalue weighted by molar-refractivity contribution is -0.126. The van der Waals surface area contributed by atoms with E-state index in [1.54, 1.807) is 0 Å². The molecule has 0 unspecified atom stereocenters. The third-order valence-electron chi connectivity index (χ3n) is 3.71. The quantitative estimate of drug-likeness (QED) is 0.689. The molecule has 1 aliphatic rings. The molecule has 5 N–H and O–H groups in total. The van der Waals surface area contributed by atoms with Crippen LogP contribution in [0.4, 0.5) is 5.69 Å². The third-order valence-corrected chi connectivity index (χ3v) is 3.71. The Kier molecular flexibility index (Phi) is 5.41. The summed E-state index contributed by atoms with van der Waals surface area (Å²) in [6.07, 6.45) is 0.583. The topological polar surface area (TPSA) is 126 Å². The second kappa shape index (κ2) is 7.30. The number of amides is 2. The van der Waals surface area contributed by atoms with Crippen LogP contribution in [0.2, 0.25) is 0 Å². The SMILES string of the molecule is COc1cc(NC(=O)[C@@H]2CC[C@H](CN)O2)c(C(N)=O)cc1OC. The fourth-order valence-electron chi connectivity index (χ4n) is 2.47. The van der Waals surface area contributed by atoms with E-state index in [0.717, 1.165) is 6.42 Å². The highest BCUT2D eigenvalue weighted by Crippen LogP contribution is 2.33. The number of nitrogens with two attached hydrogens (primary N) is 2. The minimum Gasteiger partial charge on any atom is -0.493 e. The molecule has 2 amide bonds. The van der Waals surface area contributed by atoms with Crippen molar-refractivity contribution in [3.8, 4) is 11.5 Å². The number of primary amides is 1. The van der Waals surface area contributed by atoms with Gasteiger partial charge in [0.25, 0.3) is 11.8 Å². The van der Waals surface area contributed by atoms with E-state index < -0.39 is 12.0 Å². The molecule has 2 atom stereocenters. The Bertz CT molecular complexity index is 605. The first-order valence-electron chi connectivity index (χ1n) is 7.22. The van der Waals surface area contributed by atoms with Gasteiger partial charge in [-0.15, -0.1) is 0 Å². The second-order valence-corrected chi connectivity index (χ2v) is 5.17. The van der Waals surface area contributed by atoms with Gasteiger partial charge in [-0.25, -0.2) is 0 Å². The Labute approximate surface area is 134 Å². The van der Waals surface area contributed by atoms with Crippen molar-refractivity contribution in [1.82, 2.24) is 0 Å². The van der Waals surface area contributed by atoms with Crippen LogP contribution < -0.4 is 26.3 Å². The number of methoxy groups -OCH3 is 2. The van der Waals surface area contributed by atoms with E-state index in [9.17, 15) is 9.59 Å². The van der Waals surface area contributed by atoms with Gasteiger partial charge in [0, 0.05) is 12.6 Å². The molecule has 8 heteroatoms. The molecule has 1 heterocycles. The van der Waals surface area contributed by atoms with Gasteiger partial charge in [0.05, 0.1) is 31.6 Å². The summed E-state index contributed by atoms with van der Waals surface area (Å²) in [6.45, 7) is 0.368. The maximum atomic E-state index is 12.3. The van der Waals surface area contributed by atoms with Crippen molar-refractivity contribution in [2.75, 3.05) is 26.1 Å². The molecule has 126 valence electrons. The van der Waals surface area contributed by atoms with Gasteiger partial charge in [0.15, 0.2) is 11.5 Å². The molecule has 0 bridgehead atoms. The number of hydrogen-bond donors (Lipinski definition) is 3. The first-order chi connectivity index (χ1) is 11.0. The minimum absolute atomic E-state index is 0.119. The first kappa shape index (κ1) is 17.0. The molecule has 0 radical (unpaired) electrons. The summed E-state index contributed by atoms with van der Waals surface area (Å²) in [6, 6.07) is 2.92. The van der Waals surface area contributed by atoms with E-state index in [-0.39, 0.29) is 23.3 Å². The Morgan fingerprint density at radius 1 is 1.26 bits per heavy atom. The normalized spacial score (nSPS) is 20.1. The predicted molar refractivity (Wildman–Crippen MR) is 83.6 cm³/mol. The Balaban J connectivity index is 2.24. The molecular weight excluding hydrogens is 302 g/mol. The number of ether oxygens (including phenoxy) is 3. The van der Waals surface area contributed by atoms with Crippen LogP contribution in [0.5, 0.6) is 11.5 Å². The van der Waals surface area contributed by atoms with E-state index in [0.29, 0.717) is 24.5 Å². The standard InChI is InChI=1S/C15H21N3O5/c1-21-12-5-9(14(17)19)10(6-13(12)22-2)18-15(20)11-4-3-8(7-16)23-11/h5-6,8,11H,3-4,7,16H2,1-2H3,(H2,17,19)(H,18,20)/t8-,11+/m1/s1. The molecule has 0 spiro atoms. The van der Waals surface area contributed by atoms with Crippen molar-refractivity contribution in [2.45, 2.75) is 25.0 Å². The zero-order valence-electron chi connectivity index (χ0n) is 13.1. The average Bonchev–Trinajstić information content (AvgIpc) is 3.03. The van der Waals surface area contributed by atoms with Gasteiger partial charge in [0.1, 0.15) is 6.10 Å². The van der Waals surface area contributed by atoms with E-state index in [4.69, 9.17) is 25.7 Å². The van der Waals surface area contributed by atoms with Gasteiger partial charge >= 0.3 is 0 Å². The molecule has 1 saturated heterocycles. The molecule has 0 saturated carbocycles. The fraction of sp³-hybridized carbons (Fsp3) is 0.467. The zero-order valence-corrected chi connectivity index (χ0v) is 13.1. The number of benzene rings is 1. The highest BCUT2D eigenvalue weighted by atomic mass is 16.5. The Morgan fingerprint density at radius 3 is 2.43 bits per heavy atom. The van der Waals surface area contributed by atoms with Gasteiger partial charge in [-0.1, -0.05) is 0 Å². The summed E-state index contributed by atoms with van der Waals surface area (Å²) in [5, 5.41) is 2.66. The van der Waals surface area contributed by atoms with E-state index in [1.807, 2.05) is 0 Å². The number of anilines is 1. The van der Waals surface area contributed by atoms with Crippen LogP contribution in [0.1, 0.15) is 23.2 Å². The van der Waals surface area contributed by atoms with Crippen molar-refractivity contribution in [1.29, 1.82) is 0 Å². The molecule has 0 aliphatic carbocycles. The zero-order chi connectivity index (χ0) is 17.0. The van der Waals surface area contributed by atoms with Gasteiger partial charge in [-0.3, -0.25) is 9.59 Å². The van der Waals surface area contributed by atoms with Crippen LogP contribution in [0.3, 0.4) is 0 Å². The van der Waals surface area contributed by atoms with Crippen LogP contribution in [0.25, 0.3) is 0 Å². The van der Waals surface area contributed by atoms with Crippen LogP contribution >= 0.6 is 0 Å². The number of carbonyl (C=O) groups is 2. The van der Waals surface area contributed by atoms with Crippen LogP contribution in [-0.4, -0.2) is 44.8 Å². The maximum Gasteiger partial charge on any atom is 0.253 e. The molecular formula is C15H21N3O5. The first-order valence-corrected chi connectivity index (χ1v) is 7.22. The van der Waals surface area contributed by atoms with Gasteiger partial charge in [0.2, 0.25) is 0 Å². The van der Waals surface area contributed by atoms with Crippen LogP contribution in [0, 0.1) is 0 Å². The van der Waals surface area contributed by atoms with E-state index >= 15 is 0 Å². The van der Waals surface area contributed by atoms with Crippen molar-refractivity contribution in [3.63, 3.8) is 0 Å². The molecule has 1 fully saturated rings. The smallest absolute Gasteiger partial charge is 0.253 e. The molecule has 1 aromatic carbocycles. The van der Waals surface area contributed by atoms with Crippen molar-refractivity contribution in [2.24, 2.45) is 11.5 Å². The molecule has 23 heavy (non-hydrogen) atoms. The van der Waals surface area contributed by atoms with Crippen molar-refractivity contribution < 1.29 is 23.8 Å². The molecule has 1 aromatic rings. The molecule has 0 aromatic heterocycles. The van der Waals surface area contributed by atoms with Crippen molar-refractivity contribution >= 4 is 17.5 Å². The van der Waals surface area contributed by atoms with Gasteiger partial charge in [-0.2, -0.15) is 0 Å². The second-order valence-electron chi connectivity index (χ2n) is 5.17. The van der Waals surface area contributed by atoms with E-state index in [2.05, 4.69) is 5.32 Å².